The summed E-state index contributed by atoms with van der Waals surface area (Å²) in [6, 6.07) is 0. The number of rotatable bonds is 1. The van der Waals surface area contributed by atoms with E-state index in [1.807, 2.05) is 11.8 Å². The number of hydrogen-bond acceptors (Lipinski definition) is 4. The van der Waals surface area contributed by atoms with E-state index >= 15 is 0 Å². The molecule has 0 aliphatic carbocycles. The fourth-order valence-electron chi connectivity index (χ4n) is 1.42. The number of hydrogen-bond donors (Lipinski definition) is 1. The van der Waals surface area contributed by atoms with Crippen LogP contribution in [-0.2, 0) is 12.8 Å². The molecular formula is C9H10N2O2S. The fourth-order valence-corrected chi connectivity index (χ4v) is 2.33. The highest BCUT2D eigenvalue weighted by Gasteiger charge is 2.13. The Hall–Kier alpha value is -1.10. The van der Waals surface area contributed by atoms with Gasteiger partial charge in [0.25, 0.3) is 0 Å². The molecule has 0 aromatic carbocycles. The molecule has 1 aromatic rings. The predicted molar refractivity (Wildman–Crippen MR) is 53.7 cm³/mol. The number of thioether (sulfide) groups is 1. The number of carboxylic acids is 1. The Morgan fingerprint density at radius 2 is 2.21 bits per heavy atom. The largest absolute Gasteiger partial charge is 0.475 e. The molecule has 0 amide bonds. The van der Waals surface area contributed by atoms with Crippen LogP contribution in [0.5, 0.6) is 0 Å². The summed E-state index contributed by atoms with van der Waals surface area (Å²) >= 11 is 1.87. The van der Waals surface area contributed by atoms with E-state index in [9.17, 15) is 4.79 Å². The number of aromatic carboxylic acids is 1. The van der Waals surface area contributed by atoms with Crippen molar-refractivity contribution in [2.24, 2.45) is 0 Å². The van der Waals surface area contributed by atoms with E-state index in [1.165, 1.54) is 0 Å². The first-order valence-corrected chi connectivity index (χ1v) is 5.58. The van der Waals surface area contributed by atoms with Gasteiger partial charge in [-0.05, 0) is 29.9 Å². The number of aryl methyl sites for hydroxylation is 2. The first-order chi connectivity index (χ1) is 6.77. The topological polar surface area (TPSA) is 63.1 Å². The van der Waals surface area contributed by atoms with Gasteiger partial charge in [-0.15, -0.1) is 0 Å². The van der Waals surface area contributed by atoms with Crippen LogP contribution in [0.2, 0.25) is 0 Å². The van der Waals surface area contributed by atoms with Gasteiger partial charge in [0.15, 0.2) is 0 Å². The summed E-state index contributed by atoms with van der Waals surface area (Å²) in [7, 11) is 0. The minimum absolute atomic E-state index is 0.0874. The predicted octanol–water partition coefficient (Wildman–Crippen LogP) is 1.01. The molecule has 2 rings (SSSR count). The van der Waals surface area contributed by atoms with E-state index < -0.39 is 5.97 Å². The lowest BCUT2D eigenvalue weighted by Gasteiger charge is -2.03. The van der Waals surface area contributed by atoms with Gasteiger partial charge in [0.05, 0.1) is 0 Å². The van der Waals surface area contributed by atoms with Gasteiger partial charge in [0.1, 0.15) is 0 Å². The number of aromatic nitrogens is 2. The smallest absolute Gasteiger partial charge is 0.373 e. The third kappa shape index (κ3) is 1.87. The third-order valence-electron chi connectivity index (χ3n) is 2.14. The second kappa shape index (κ2) is 3.96. The Bertz CT molecular complexity index is 368. The molecule has 0 spiro atoms. The van der Waals surface area contributed by atoms with E-state index in [0.717, 1.165) is 35.6 Å². The number of nitrogens with zero attached hydrogens (tertiary/aromatic N) is 2. The molecule has 1 aromatic heterocycles. The van der Waals surface area contributed by atoms with Crippen molar-refractivity contribution in [3.05, 3.63) is 23.3 Å². The van der Waals surface area contributed by atoms with Gasteiger partial charge in [-0.1, -0.05) is 0 Å². The van der Waals surface area contributed by atoms with Crippen LogP contribution in [0.25, 0.3) is 0 Å². The summed E-state index contributed by atoms with van der Waals surface area (Å²) < 4.78 is 0. The van der Waals surface area contributed by atoms with Crippen LogP contribution in [0, 0.1) is 0 Å². The number of carbonyl (C=O) groups is 1. The molecule has 0 unspecified atom stereocenters. The average Bonchev–Trinajstić information content (AvgIpc) is 2.41. The van der Waals surface area contributed by atoms with Gasteiger partial charge in [-0.3, -0.25) is 0 Å². The molecule has 74 valence electrons. The van der Waals surface area contributed by atoms with Gasteiger partial charge in [0, 0.05) is 11.9 Å². The molecule has 0 bridgehead atoms. The van der Waals surface area contributed by atoms with Crippen molar-refractivity contribution in [2.75, 3.05) is 11.5 Å². The summed E-state index contributed by atoms with van der Waals surface area (Å²) in [5, 5.41) is 8.73. The van der Waals surface area contributed by atoms with E-state index in [2.05, 4.69) is 9.97 Å². The summed E-state index contributed by atoms with van der Waals surface area (Å²) in [5.41, 5.74) is 2.00. The molecule has 0 atom stereocenters. The minimum atomic E-state index is -1.05. The Morgan fingerprint density at radius 3 is 3.00 bits per heavy atom. The molecule has 4 nitrogen and oxygen atoms in total. The summed E-state index contributed by atoms with van der Waals surface area (Å²) in [6.45, 7) is 0. The van der Waals surface area contributed by atoms with Crippen LogP contribution in [-0.4, -0.2) is 32.5 Å². The number of fused-ring (bicyclic) bond motifs is 1. The highest BCUT2D eigenvalue weighted by Crippen LogP contribution is 2.17. The SMILES string of the molecule is O=C(O)c1ncc2c(n1)CCSCC2. The number of carboxylic acid groups (broad SMARTS) is 1. The van der Waals surface area contributed by atoms with Crippen molar-refractivity contribution in [3.63, 3.8) is 0 Å². The molecule has 0 radical (unpaired) electrons. The quantitative estimate of drug-likeness (QED) is 0.749. The summed E-state index contributed by atoms with van der Waals surface area (Å²) in [4.78, 5) is 18.5. The van der Waals surface area contributed by atoms with E-state index in [0.29, 0.717) is 0 Å². The molecule has 1 aliphatic rings. The average molecular weight is 210 g/mol. The van der Waals surface area contributed by atoms with E-state index in [4.69, 9.17) is 5.11 Å². The molecule has 0 saturated heterocycles. The third-order valence-corrected chi connectivity index (χ3v) is 3.13. The lowest BCUT2D eigenvalue weighted by atomic mass is 10.1. The van der Waals surface area contributed by atoms with Crippen LogP contribution < -0.4 is 0 Å². The molecular weight excluding hydrogens is 200 g/mol. The molecule has 0 fully saturated rings. The zero-order chi connectivity index (χ0) is 9.97. The summed E-state index contributed by atoms with van der Waals surface area (Å²) in [6.07, 6.45) is 3.44. The Kier molecular flexibility index (Phi) is 2.67. The van der Waals surface area contributed by atoms with Crippen molar-refractivity contribution < 1.29 is 9.90 Å². The van der Waals surface area contributed by atoms with E-state index in [-0.39, 0.29) is 5.82 Å². The molecule has 1 aliphatic heterocycles. The van der Waals surface area contributed by atoms with Crippen molar-refractivity contribution in [3.8, 4) is 0 Å². The van der Waals surface area contributed by atoms with Gasteiger partial charge in [0.2, 0.25) is 5.82 Å². The lowest BCUT2D eigenvalue weighted by molar-refractivity contribution is 0.0683. The zero-order valence-electron chi connectivity index (χ0n) is 7.56. The van der Waals surface area contributed by atoms with Crippen molar-refractivity contribution in [2.45, 2.75) is 12.8 Å². The van der Waals surface area contributed by atoms with Crippen LogP contribution >= 0.6 is 11.8 Å². The van der Waals surface area contributed by atoms with Crippen molar-refractivity contribution >= 4 is 17.7 Å². The molecule has 14 heavy (non-hydrogen) atoms. The standard InChI is InChI=1S/C9H10N2O2S/c12-9(13)8-10-5-6-1-3-14-4-2-7(6)11-8/h5H,1-4H2,(H,12,13). The Morgan fingerprint density at radius 1 is 1.43 bits per heavy atom. The van der Waals surface area contributed by atoms with Crippen LogP contribution in [0.1, 0.15) is 21.9 Å². The highest BCUT2D eigenvalue weighted by molar-refractivity contribution is 7.99. The van der Waals surface area contributed by atoms with Gasteiger partial charge in [-0.2, -0.15) is 11.8 Å². The maximum Gasteiger partial charge on any atom is 0.373 e. The highest BCUT2D eigenvalue weighted by atomic mass is 32.2. The first kappa shape index (κ1) is 9.45. The van der Waals surface area contributed by atoms with Crippen molar-refractivity contribution in [1.82, 2.24) is 9.97 Å². The Labute approximate surface area is 85.8 Å². The van der Waals surface area contributed by atoms with Gasteiger partial charge < -0.3 is 5.11 Å². The van der Waals surface area contributed by atoms with Crippen LogP contribution in [0.4, 0.5) is 0 Å². The first-order valence-electron chi connectivity index (χ1n) is 4.43. The van der Waals surface area contributed by atoms with Crippen LogP contribution in [0.3, 0.4) is 0 Å². The monoisotopic (exact) mass is 210 g/mol. The van der Waals surface area contributed by atoms with Gasteiger partial charge >= 0.3 is 5.97 Å². The lowest BCUT2D eigenvalue weighted by Crippen LogP contribution is -2.08. The Balaban J connectivity index is 2.37. The van der Waals surface area contributed by atoms with Crippen molar-refractivity contribution in [1.29, 1.82) is 0 Å². The maximum atomic E-state index is 10.6. The van der Waals surface area contributed by atoms with E-state index in [1.54, 1.807) is 6.20 Å². The second-order valence-corrected chi connectivity index (χ2v) is 4.31. The normalized spacial score (nSPS) is 15.7. The fraction of sp³-hybridized carbons (Fsp3) is 0.444. The molecule has 0 saturated carbocycles. The second-order valence-electron chi connectivity index (χ2n) is 3.08. The van der Waals surface area contributed by atoms with Gasteiger partial charge in [-0.25, -0.2) is 14.8 Å². The zero-order valence-corrected chi connectivity index (χ0v) is 8.38. The molecule has 5 heteroatoms. The molecule has 2 heterocycles. The maximum absolute atomic E-state index is 10.6. The minimum Gasteiger partial charge on any atom is -0.475 e. The molecule has 1 N–H and O–H groups in total. The summed E-state index contributed by atoms with van der Waals surface area (Å²) in [5.74, 6) is 0.951. The van der Waals surface area contributed by atoms with Crippen LogP contribution in [0.15, 0.2) is 6.20 Å².